The van der Waals surface area contributed by atoms with Gasteiger partial charge in [-0.3, -0.25) is 10.00 Å². The van der Waals surface area contributed by atoms with E-state index in [9.17, 15) is 9.50 Å². The lowest BCUT2D eigenvalue weighted by Gasteiger charge is -2.52. The summed E-state index contributed by atoms with van der Waals surface area (Å²) in [6.45, 7) is 11.5. The lowest BCUT2D eigenvalue weighted by molar-refractivity contribution is 0.00550. The van der Waals surface area contributed by atoms with Crippen LogP contribution in [0.15, 0.2) is 24.3 Å². The summed E-state index contributed by atoms with van der Waals surface area (Å²) in [5.41, 5.74) is 3.69. The topological polar surface area (TPSA) is 77.1 Å². The van der Waals surface area contributed by atoms with E-state index in [0.29, 0.717) is 22.8 Å². The first-order chi connectivity index (χ1) is 14.7. The molecule has 0 radical (unpaired) electrons. The van der Waals surface area contributed by atoms with Gasteiger partial charge < -0.3 is 10.4 Å². The van der Waals surface area contributed by atoms with Gasteiger partial charge in [-0.05, 0) is 70.2 Å². The van der Waals surface area contributed by atoms with Crippen molar-refractivity contribution >= 4 is 11.0 Å². The molecule has 0 amide bonds. The van der Waals surface area contributed by atoms with E-state index in [1.165, 1.54) is 18.9 Å². The second-order valence-electron chi connectivity index (χ2n) is 10.1. The van der Waals surface area contributed by atoms with E-state index in [1.807, 2.05) is 13.0 Å². The molecule has 1 aliphatic heterocycles. The number of hydrogen-bond acceptors (Lipinski definition) is 5. The Bertz CT molecular complexity index is 1150. The van der Waals surface area contributed by atoms with Crippen molar-refractivity contribution < 1.29 is 9.50 Å². The first-order valence-electron chi connectivity index (χ1n) is 11.0. The van der Waals surface area contributed by atoms with E-state index in [4.69, 9.17) is 0 Å². The molecule has 7 heteroatoms. The van der Waals surface area contributed by atoms with Gasteiger partial charge in [0.15, 0.2) is 5.65 Å². The highest BCUT2D eigenvalue weighted by Gasteiger charge is 2.49. The average molecular weight is 424 g/mol. The number of aryl methyl sites for hydroxylation is 1. The maximum absolute atomic E-state index is 14.6. The van der Waals surface area contributed by atoms with Gasteiger partial charge in [0.05, 0.1) is 5.69 Å². The number of benzene rings is 1. The van der Waals surface area contributed by atoms with Crippen molar-refractivity contribution in [3.05, 3.63) is 41.3 Å². The van der Waals surface area contributed by atoms with Crippen molar-refractivity contribution in [1.29, 1.82) is 0 Å². The lowest BCUT2D eigenvalue weighted by atomic mass is 9.85. The summed E-state index contributed by atoms with van der Waals surface area (Å²) in [6, 6.07) is 6.18. The van der Waals surface area contributed by atoms with Gasteiger partial charge in [-0.15, -0.1) is 0 Å². The zero-order chi connectivity index (χ0) is 22.0. The number of phenolic OH excluding ortho intramolecular Hbond substituents is 1. The predicted octanol–water partition coefficient (Wildman–Crippen LogP) is 4.13. The van der Waals surface area contributed by atoms with Crippen LogP contribution in [0, 0.1) is 18.7 Å². The number of hydrogen-bond donors (Lipinski definition) is 3. The fourth-order valence-corrected chi connectivity index (χ4v) is 5.03. The van der Waals surface area contributed by atoms with Crippen LogP contribution in [-0.2, 0) is 6.54 Å². The fraction of sp³-hybridized carbons (Fsp3) is 0.500. The second kappa shape index (κ2) is 7.00. The van der Waals surface area contributed by atoms with Gasteiger partial charge in [0.1, 0.15) is 11.6 Å². The molecule has 2 aliphatic rings. The quantitative estimate of drug-likeness (QED) is 0.588. The van der Waals surface area contributed by atoms with Crippen LogP contribution in [0.2, 0.25) is 0 Å². The van der Waals surface area contributed by atoms with Crippen LogP contribution in [0.5, 0.6) is 5.75 Å². The highest BCUT2D eigenvalue weighted by atomic mass is 19.1. The van der Waals surface area contributed by atoms with Crippen LogP contribution in [-0.4, -0.2) is 49.4 Å². The van der Waals surface area contributed by atoms with Gasteiger partial charge in [-0.1, -0.05) is 0 Å². The van der Waals surface area contributed by atoms with E-state index in [2.05, 4.69) is 46.2 Å². The molecule has 3 N–H and O–H groups in total. The van der Waals surface area contributed by atoms with E-state index in [-0.39, 0.29) is 16.8 Å². The van der Waals surface area contributed by atoms with Crippen molar-refractivity contribution in [2.75, 3.05) is 13.1 Å². The van der Waals surface area contributed by atoms with E-state index in [0.717, 1.165) is 42.3 Å². The highest BCUT2D eigenvalue weighted by molar-refractivity contribution is 5.84. The number of aromatic hydroxyl groups is 1. The van der Waals surface area contributed by atoms with Crippen LogP contribution in [0.25, 0.3) is 22.3 Å². The second-order valence-corrected chi connectivity index (χ2v) is 10.1. The monoisotopic (exact) mass is 423 g/mol. The molecule has 5 rings (SSSR count). The molecule has 1 saturated heterocycles. The molecule has 2 aromatic heterocycles. The summed E-state index contributed by atoms with van der Waals surface area (Å²) in [4.78, 5) is 7.22. The first-order valence-corrected chi connectivity index (χ1v) is 11.0. The molecule has 1 atom stereocenters. The van der Waals surface area contributed by atoms with Gasteiger partial charge in [0, 0.05) is 53.4 Å². The molecular weight excluding hydrogens is 393 g/mol. The minimum atomic E-state index is -0.490. The number of nitrogens with one attached hydrogen (secondary N) is 2. The van der Waals surface area contributed by atoms with E-state index < -0.39 is 5.82 Å². The maximum Gasteiger partial charge on any atom is 0.182 e. The molecule has 6 nitrogen and oxygen atoms in total. The summed E-state index contributed by atoms with van der Waals surface area (Å²) >= 11 is 0. The third-order valence-electron chi connectivity index (χ3n) is 7.07. The van der Waals surface area contributed by atoms with Crippen molar-refractivity contribution in [1.82, 2.24) is 25.4 Å². The Kier molecular flexibility index (Phi) is 4.61. The number of phenols is 1. The number of nitrogens with zero attached hydrogens (tertiary/aromatic N) is 3. The van der Waals surface area contributed by atoms with Gasteiger partial charge in [-0.2, -0.15) is 5.10 Å². The largest absolute Gasteiger partial charge is 0.508 e. The number of halogens is 1. The zero-order valence-electron chi connectivity index (χ0n) is 18.6. The van der Waals surface area contributed by atoms with Gasteiger partial charge >= 0.3 is 0 Å². The highest BCUT2D eigenvalue weighted by Crippen LogP contribution is 2.45. The van der Waals surface area contributed by atoms with Crippen molar-refractivity contribution in [2.24, 2.45) is 5.92 Å². The number of aromatic amines is 1. The van der Waals surface area contributed by atoms with E-state index >= 15 is 0 Å². The predicted molar refractivity (Wildman–Crippen MR) is 119 cm³/mol. The maximum atomic E-state index is 14.6. The number of H-pyrrole nitrogens is 1. The molecule has 164 valence electrons. The summed E-state index contributed by atoms with van der Waals surface area (Å²) in [6.07, 6.45) is 2.55. The Morgan fingerprint density at radius 2 is 2.00 bits per heavy atom. The molecular formula is C24H30FN5O. The van der Waals surface area contributed by atoms with Crippen molar-refractivity contribution in [3.8, 4) is 17.0 Å². The Hall–Kier alpha value is -2.51. The normalized spacial score (nSPS) is 24.0. The van der Waals surface area contributed by atoms with Gasteiger partial charge in [0.25, 0.3) is 0 Å². The molecule has 1 saturated carbocycles. The SMILES string of the molecule is Cc1[nH]nc2nc(-c3ccc(O)cc3F)cc(CN3CC(C)(C)NC[C@@]3(C)C3CC3)c12. The Labute approximate surface area is 181 Å². The van der Waals surface area contributed by atoms with E-state index in [1.54, 1.807) is 6.07 Å². The summed E-state index contributed by atoms with van der Waals surface area (Å²) in [5, 5.41) is 21.8. The summed E-state index contributed by atoms with van der Waals surface area (Å²) in [7, 11) is 0. The van der Waals surface area contributed by atoms with Crippen LogP contribution >= 0.6 is 0 Å². The zero-order valence-corrected chi connectivity index (χ0v) is 18.6. The Balaban J connectivity index is 1.60. The number of piperazine rings is 1. The molecule has 3 aromatic rings. The van der Waals surface area contributed by atoms with Crippen LogP contribution in [0.1, 0.15) is 44.9 Å². The molecule has 3 heterocycles. The van der Waals surface area contributed by atoms with Gasteiger partial charge in [0.2, 0.25) is 0 Å². The third kappa shape index (κ3) is 3.59. The van der Waals surface area contributed by atoms with Crippen LogP contribution in [0.3, 0.4) is 0 Å². The van der Waals surface area contributed by atoms with Crippen LogP contribution in [0.4, 0.5) is 4.39 Å². The first kappa shape index (κ1) is 20.4. The smallest absolute Gasteiger partial charge is 0.182 e. The molecule has 1 aliphatic carbocycles. The molecule has 2 fully saturated rings. The molecule has 0 bridgehead atoms. The standard InChI is InChI=1S/C24H30FN5O/c1-14-21-15(11-30-13-23(2,3)26-12-24(30,4)16-5-6-16)9-20(27-22(21)29-28-14)18-8-7-17(31)10-19(18)25/h7-10,16,26,31H,5-6,11-13H2,1-4H3,(H,27,28,29)/t24-/m0/s1. The Morgan fingerprint density at radius 3 is 2.71 bits per heavy atom. The summed E-state index contributed by atoms with van der Waals surface area (Å²) in [5.74, 6) is 0.116. The average Bonchev–Trinajstić information content (AvgIpc) is 3.49. The molecule has 31 heavy (non-hydrogen) atoms. The summed E-state index contributed by atoms with van der Waals surface area (Å²) < 4.78 is 14.6. The minimum Gasteiger partial charge on any atom is -0.508 e. The fourth-order valence-electron chi connectivity index (χ4n) is 5.03. The molecule has 0 unspecified atom stereocenters. The van der Waals surface area contributed by atoms with Gasteiger partial charge in [-0.25, -0.2) is 9.37 Å². The minimum absolute atomic E-state index is 0.0257. The molecule has 1 aromatic carbocycles. The number of pyridine rings is 1. The Morgan fingerprint density at radius 1 is 1.23 bits per heavy atom. The number of fused-ring (bicyclic) bond motifs is 1. The lowest BCUT2D eigenvalue weighted by Crippen LogP contribution is -2.67. The van der Waals surface area contributed by atoms with Crippen molar-refractivity contribution in [2.45, 2.75) is 58.2 Å². The van der Waals surface area contributed by atoms with Crippen molar-refractivity contribution in [3.63, 3.8) is 0 Å². The van der Waals surface area contributed by atoms with Crippen LogP contribution < -0.4 is 5.32 Å². The number of rotatable bonds is 4. The third-order valence-corrected chi connectivity index (χ3v) is 7.07. The molecule has 0 spiro atoms. The number of aromatic nitrogens is 3.